The van der Waals surface area contributed by atoms with Gasteiger partial charge in [-0.25, -0.2) is 0 Å². The quantitative estimate of drug-likeness (QED) is 0.678. The van der Waals surface area contributed by atoms with Crippen LogP contribution in [0, 0.1) is 6.92 Å². The molecule has 1 unspecified atom stereocenters. The second kappa shape index (κ2) is 4.40. The first kappa shape index (κ1) is 12.0. The van der Waals surface area contributed by atoms with Crippen molar-refractivity contribution >= 4 is 5.57 Å². The summed E-state index contributed by atoms with van der Waals surface area (Å²) < 4.78 is 5.59. The highest BCUT2D eigenvalue weighted by molar-refractivity contribution is 5.77. The molecule has 0 saturated heterocycles. The van der Waals surface area contributed by atoms with Crippen LogP contribution < -0.4 is 4.74 Å². The molecule has 0 radical (unpaired) electrons. The van der Waals surface area contributed by atoms with Crippen molar-refractivity contribution in [2.45, 2.75) is 33.6 Å². The highest BCUT2D eigenvalue weighted by atomic mass is 16.5. The van der Waals surface area contributed by atoms with E-state index in [9.17, 15) is 0 Å². The molecule has 90 valence electrons. The van der Waals surface area contributed by atoms with Gasteiger partial charge in [-0.3, -0.25) is 0 Å². The molecule has 0 fully saturated rings. The number of benzene rings is 1. The van der Waals surface area contributed by atoms with E-state index in [2.05, 4.69) is 52.0 Å². The standard InChI is InChI=1S/C16H20O/c1-10(2)8-13-9-12(4)14-7-6-11(3)16(17-5)15(13)14/h6-9,13H,1-5H3. The Morgan fingerprint density at radius 2 is 1.94 bits per heavy atom. The van der Waals surface area contributed by atoms with Gasteiger partial charge in [-0.15, -0.1) is 0 Å². The maximum Gasteiger partial charge on any atom is 0.126 e. The molecule has 17 heavy (non-hydrogen) atoms. The minimum atomic E-state index is 0.366. The number of hydrogen-bond donors (Lipinski definition) is 0. The van der Waals surface area contributed by atoms with Gasteiger partial charge in [0, 0.05) is 11.5 Å². The summed E-state index contributed by atoms with van der Waals surface area (Å²) in [6.07, 6.45) is 4.62. The summed E-state index contributed by atoms with van der Waals surface area (Å²) in [5.41, 5.74) is 6.55. The maximum atomic E-state index is 5.59. The lowest BCUT2D eigenvalue weighted by atomic mass is 9.95. The molecular formula is C16H20O. The first-order valence-electron chi connectivity index (χ1n) is 6.06. The van der Waals surface area contributed by atoms with Crippen LogP contribution in [-0.2, 0) is 0 Å². The molecule has 0 heterocycles. The molecular weight excluding hydrogens is 208 g/mol. The van der Waals surface area contributed by atoms with Crippen molar-refractivity contribution in [2.24, 2.45) is 0 Å². The molecule has 1 aromatic rings. The van der Waals surface area contributed by atoms with Crippen LogP contribution in [0.25, 0.3) is 5.57 Å². The third kappa shape index (κ3) is 2.02. The lowest BCUT2D eigenvalue weighted by molar-refractivity contribution is 0.406. The van der Waals surface area contributed by atoms with Crippen molar-refractivity contribution in [1.82, 2.24) is 0 Å². The molecule has 1 atom stereocenters. The third-order valence-corrected chi connectivity index (χ3v) is 3.30. The molecule has 0 aromatic heterocycles. The van der Waals surface area contributed by atoms with Crippen molar-refractivity contribution < 1.29 is 4.74 Å². The van der Waals surface area contributed by atoms with Gasteiger partial charge in [-0.1, -0.05) is 29.9 Å². The van der Waals surface area contributed by atoms with Gasteiger partial charge in [0.2, 0.25) is 0 Å². The molecule has 0 bridgehead atoms. The molecule has 1 aromatic carbocycles. The highest BCUT2D eigenvalue weighted by Gasteiger charge is 2.24. The van der Waals surface area contributed by atoms with Crippen molar-refractivity contribution in [3.63, 3.8) is 0 Å². The van der Waals surface area contributed by atoms with Gasteiger partial charge in [0.15, 0.2) is 0 Å². The fourth-order valence-electron chi connectivity index (χ4n) is 2.59. The van der Waals surface area contributed by atoms with Gasteiger partial charge in [-0.2, -0.15) is 0 Å². The Bertz CT molecular complexity index is 503. The molecule has 0 spiro atoms. The maximum absolute atomic E-state index is 5.59. The van der Waals surface area contributed by atoms with E-state index in [0.717, 1.165) is 5.75 Å². The van der Waals surface area contributed by atoms with Gasteiger partial charge in [-0.05, 0) is 44.4 Å². The second-order valence-corrected chi connectivity index (χ2v) is 5.00. The van der Waals surface area contributed by atoms with E-state index in [0.29, 0.717) is 5.92 Å². The molecule has 2 rings (SSSR count). The number of fused-ring (bicyclic) bond motifs is 1. The number of aryl methyl sites for hydroxylation is 1. The number of methoxy groups -OCH3 is 1. The van der Waals surface area contributed by atoms with E-state index in [1.165, 1.54) is 27.8 Å². The zero-order valence-electron chi connectivity index (χ0n) is 11.3. The fourth-order valence-corrected chi connectivity index (χ4v) is 2.59. The Morgan fingerprint density at radius 3 is 2.53 bits per heavy atom. The van der Waals surface area contributed by atoms with E-state index in [-0.39, 0.29) is 0 Å². The topological polar surface area (TPSA) is 9.23 Å². The van der Waals surface area contributed by atoms with Crippen molar-refractivity contribution in [2.75, 3.05) is 7.11 Å². The van der Waals surface area contributed by atoms with Crippen LogP contribution in [0.4, 0.5) is 0 Å². The summed E-state index contributed by atoms with van der Waals surface area (Å²) >= 11 is 0. The van der Waals surface area contributed by atoms with Crippen LogP contribution in [0.2, 0.25) is 0 Å². The van der Waals surface area contributed by atoms with Crippen LogP contribution in [0.5, 0.6) is 5.75 Å². The van der Waals surface area contributed by atoms with Crippen LogP contribution in [0.15, 0.2) is 29.9 Å². The average molecular weight is 228 g/mol. The number of hydrogen-bond acceptors (Lipinski definition) is 1. The van der Waals surface area contributed by atoms with E-state index >= 15 is 0 Å². The summed E-state index contributed by atoms with van der Waals surface area (Å²) in [4.78, 5) is 0. The van der Waals surface area contributed by atoms with Crippen LogP contribution in [-0.4, -0.2) is 7.11 Å². The zero-order chi connectivity index (χ0) is 12.6. The Balaban J connectivity index is 2.62. The monoisotopic (exact) mass is 228 g/mol. The first-order valence-corrected chi connectivity index (χ1v) is 6.06. The smallest absolute Gasteiger partial charge is 0.126 e. The number of ether oxygens (including phenoxy) is 1. The zero-order valence-corrected chi connectivity index (χ0v) is 11.3. The third-order valence-electron chi connectivity index (χ3n) is 3.30. The molecule has 1 aliphatic carbocycles. The summed E-state index contributed by atoms with van der Waals surface area (Å²) in [7, 11) is 1.76. The highest BCUT2D eigenvalue weighted by Crippen LogP contribution is 2.43. The summed E-state index contributed by atoms with van der Waals surface area (Å²) in [5.74, 6) is 1.41. The first-order chi connectivity index (χ1) is 8.04. The Kier molecular flexibility index (Phi) is 3.10. The van der Waals surface area contributed by atoms with E-state index in [1.807, 2.05) is 0 Å². The lowest BCUT2D eigenvalue weighted by Crippen LogP contribution is -1.98. The molecule has 0 saturated carbocycles. The lowest BCUT2D eigenvalue weighted by Gasteiger charge is -2.15. The second-order valence-electron chi connectivity index (χ2n) is 5.00. The molecule has 1 aliphatic rings. The van der Waals surface area contributed by atoms with Gasteiger partial charge < -0.3 is 4.74 Å². The van der Waals surface area contributed by atoms with Gasteiger partial charge in [0.05, 0.1) is 7.11 Å². The minimum absolute atomic E-state index is 0.366. The summed E-state index contributed by atoms with van der Waals surface area (Å²) in [6, 6.07) is 4.34. The molecule has 0 amide bonds. The van der Waals surface area contributed by atoms with Crippen molar-refractivity contribution in [3.05, 3.63) is 46.5 Å². The fraction of sp³-hybridized carbons (Fsp3) is 0.375. The average Bonchev–Trinajstić information content (AvgIpc) is 2.55. The summed E-state index contributed by atoms with van der Waals surface area (Å²) in [6.45, 7) is 8.56. The minimum Gasteiger partial charge on any atom is -0.496 e. The van der Waals surface area contributed by atoms with Crippen molar-refractivity contribution in [1.29, 1.82) is 0 Å². The van der Waals surface area contributed by atoms with Crippen LogP contribution in [0.1, 0.15) is 43.4 Å². The molecule has 1 nitrogen and oxygen atoms in total. The summed E-state index contributed by atoms with van der Waals surface area (Å²) in [5, 5.41) is 0. The number of rotatable bonds is 2. The Labute approximate surface area is 104 Å². The Hall–Kier alpha value is -1.50. The van der Waals surface area contributed by atoms with E-state index < -0.39 is 0 Å². The van der Waals surface area contributed by atoms with E-state index in [1.54, 1.807) is 7.11 Å². The predicted molar refractivity (Wildman–Crippen MR) is 73.6 cm³/mol. The van der Waals surface area contributed by atoms with Gasteiger partial charge in [0.25, 0.3) is 0 Å². The Morgan fingerprint density at radius 1 is 1.24 bits per heavy atom. The largest absolute Gasteiger partial charge is 0.496 e. The molecule has 0 aliphatic heterocycles. The predicted octanol–water partition coefficient (Wildman–Crippen LogP) is 4.47. The van der Waals surface area contributed by atoms with Crippen molar-refractivity contribution in [3.8, 4) is 5.75 Å². The van der Waals surface area contributed by atoms with Crippen LogP contribution in [0.3, 0.4) is 0 Å². The van der Waals surface area contributed by atoms with Gasteiger partial charge >= 0.3 is 0 Å². The normalized spacial score (nSPS) is 17.5. The van der Waals surface area contributed by atoms with Gasteiger partial charge in [0.1, 0.15) is 5.75 Å². The van der Waals surface area contributed by atoms with E-state index in [4.69, 9.17) is 4.74 Å². The molecule has 0 N–H and O–H groups in total. The SMILES string of the molecule is COc1c(C)ccc2c1C(C=C(C)C)C=C2C. The number of allylic oxidation sites excluding steroid dienone is 4. The van der Waals surface area contributed by atoms with Crippen LogP contribution >= 0.6 is 0 Å². The molecule has 1 heteroatoms.